The van der Waals surface area contributed by atoms with Crippen LogP contribution in [0.15, 0.2) is 72.8 Å². The molecule has 2 aliphatic rings. The van der Waals surface area contributed by atoms with Gasteiger partial charge in [-0.3, -0.25) is 14.4 Å². The molecule has 0 spiro atoms. The number of fused-ring (bicyclic) bond motifs is 3. The van der Waals surface area contributed by atoms with E-state index >= 15 is 0 Å². The number of rotatable bonds is 6. The van der Waals surface area contributed by atoms with Crippen LogP contribution in [0.2, 0.25) is 0 Å². The molecular formula is C31H26N2O3S. The second kappa shape index (κ2) is 9.52. The highest BCUT2D eigenvalue weighted by atomic mass is 32.1. The number of anilines is 1. The van der Waals surface area contributed by atoms with Crippen molar-refractivity contribution in [3.8, 4) is 21.7 Å². The summed E-state index contributed by atoms with van der Waals surface area (Å²) in [6.45, 7) is 2.05. The van der Waals surface area contributed by atoms with Gasteiger partial charge in [-0.05, 0) is 61.9 Å². The number of benzene rings is 2. The molecule has 2 aromatic heterocycles. The molecule has 37 heavy (non-hydrogen) atoms. The Bertz CT molecular complexity index is 1530. The van der Waals surface area contributed by atoms with Gasteiger partial charge in [0.1, 0.15) is 5.69 Å². The zero-order chi connectivity index (χ0) is 25.5. The number of para-hydroxylation sites is 1. The van der Waals surface area contributed by atoms with E-state index in [0.29, 0.717) is 42.3 Å². The Kier molecular flexibility index (Phi) is 6.05. The van der Waals surface area contributed by atoms with Crippen LogP contribution in [0, 0.1) is 5.92 Å². The lowest BCUT2D eigenvalue weighted by molar-refractivity contribution is 0.0972. The number of carbonyl (C=O) groups excluding carboxylic acids is 3. The van der Waals surface area contributed by atoms with Gasteiger partial charge in [0.2, 0.25) is 0 Å². The number of aromatic nitrogens is 1. The van der Waals surface area contributed by atoms with E-state index in [4.69, 9.17) is 0 Å². The predicted octanol–water partition coefficient (Wildman–Crippen LogP) is 6.87. The van der Waals surface area contributed by atoms with Crippen LogP contribution in [0.1, 0.15) is 62.3 Å². The molecule has 0 bridgehead atoms. The first-order chi connectivity index (χ1) is 18.0. The summed E-state index contributed by atoms with van der Waals surface area (Å²) in [4.78, 5) is 46.6. The normalized spacial score (nSPS) is 14.5. The van der Waals surface area contributed by atoms with Gasteiger partial charge in [0, 0.05) is 34.5 Å². The second-order valence-corrected chi connectivity index (χ2v) is 10.9. The van der Waals surface area contributed by atoms with Crippen molar-refractivity contribution in [1.29, 1.82) is 0 Å². The summed E-state index contributed by atoms with van der Waals surface area (Å²) in [7, 11) is 0. The van der Waals surface area contributed by atoms with E-state index in [9.17, 15) is 14.4 Å². The Morgan fingerprint density at radius 2 is 1.76 bits per heavy atom. The van der Waals surface area contributed by atoms with E-state index in [-0.39, 0.29) is 17.5 Å². The molecule has 1 aliphatic heterocycles. The van der Waals surface area contributed by atoms with Gasteiger partial charge in [-0.25, -0.2) is 4.98 Å². The van der Waals surface area contributed by atoms with Gasteiger partial charge in [-0.15, -0.1) is 11.3 Å². The summed E-state index contributed by atoms with van der Waals surface area (Å²) < 4.78 is 0. The number of hydrogen-bond acceptors (Lipinski definition) is 5. The second-order valence-electron chi connectivity index (χ2n) is 9.80. The summed E-state index contributed by atoms with van der Waals surface area (Å²) in [5.74, 6) is 0.652. The largest absolute Gasteiger partial charge is 0.306 e. The number of hydrogen-bond donors (Lipinski definition) is 0. The number of thiophene rings is 1. The van der Waals surface area contributed by atoms with E-state index in [1.165, 1.54) is 6.92 Å². The molecule has 1 amide bonds. The van der Waals surface area contributed by atoms with Gasteiger partial charge < -0.3 is 4.90 Å². The van der Waals surface area contributed by atoms with E-state index < -0.39 is 0 Å². The number of carbonyl (C=O) groups is 3. The lowest BCUT2D eigenvalue weighted by Crippen LogP contribution is -2.33. The zero-order valence-electron chi connectivity index (χ0n) is 20.6. The highest BCUT2D eigenvalue weighted by molar-refractivity contribution is 7.17. The first-order valence-electron chi connectivity index (χ1n) is 12.6. The van der Waals surface area contributed by atoms with Crippen molar-refractivity contribution in [2.24, 2.45) is 5.92 Å². The Balaban J connectivity index is 1.31. The molecule has 0 saturated heterocycles. The molecule has 2 aromatic carbocycles. The molecule has 0 N–H and O–H groups in total. The number of pyridine rings is 1. The van der Waals surface area contributed by atoms with Crippen molar-refractivity contribution in [2.75, 3.05) is 11.4 Å². The third kappa shape index (κ3) is 4.65. The van der Waals surface area contributed by atoms with E-state index in [2.05, 4.69) is 4.98 Å². The fraction of sp³-hybridized carbons (Fsp3) is 0.226. The Morgan fingerprint density at radius 3 is 2.51 bits per heavy atom. The van der Waals surface area contributed by atoms with Crippen LogP contribution >= 0.6 is 11.3 Å². The summed E-state index contributed by atoms with van der Waals surface area (Å²) in [6, 6.07) is 22.7. The van der Waals surface area contributed by atoms with Gasteiger partial charge in [0.15, 0.2) is 11.6 Å². The van der Waals surface area contributed by atoms with Gasteiger partial charge in [-0.2, -0.15) is 0 Å². The number of ketones is 2. The van der Waals surface area contributed by atoms with Crippen LogP contribution in [-0.4, -0.2) is 29.0 Å². The first-order valence-corrected chi connectivity index (χ1v) is 13.4. The van der Waals surface area contributed by atoms with Crippen LogP contribution in [0.3, 0.4) is 0 Å². The Labute approximate surface area is 219 Å². The zero-order valence-corrected chi connectivity index (χ0v) is 21.4. The Hall–Kier alpha value is -3.90. The van der Waals surface area contributed by atoms with Gasteiger partial charge in [-0.1, -0.05) is 48.5 Å². The third-order valence-electron chi connectivity index (χ3n) is 7.10. The van der Waals surface area contributed by atoms with Crippen molar-refractivity contribution in [2.45, 2.75) is 32.6 Å². The van der Waals surface area contributed by atoms with Gasteiger partial charge in [0.05, 0.1) is 16.3 Å². The quantitative estimate of drug-likeness (QED) is 0.268. The SMILES string of the molecule is CC(=O)c1ccc(-c2cccc(C(=O)N3CCc4cc(C(=O)CC5CC5)sc4-c4ccccc43)n2)cc1. The molecule has 1 aliphatic carbocycles. The number of nitrogens with zero attached hydrogens (tertiary/aromatic N) is 2. The molecule has 6 heteroatoms. The van der Waals surface area contributed by atoms with E-state index in [1.807, 2.05) is 54.6 Å². The van der Waals surface area contributed by atoms with Crippen molar-refractivity contribution >= 4 is 34.5 Å². The minimum Gasteiger partial charge on any atom is -0.306 e. The monoisotopic (exact) mass is 506 g/mol. The van der Waals surface area contributed by atoms with Gasteiger partial charge >= 0.3 is 0 Å². The summed E-state index contributed by atoms with van der Waals surface area (Å²) in [5, 5.41) is 0. The molecule has 5 nitrogen and oxygen atoms in total. The molecule has 0 radical (unpaired) electrons. The van der Waals surface area contributed by atoms with E-state index in [0.717, 1.165) is 45.0 Å². The van der Waals surface area contributed by atoms with Crippen molar-refractivity contribution in [3.05, 3.63) is 94.5 Å². The Morgan fingerprint density at radius 1 is 0.973 bits per heavy atom. The van der Waals surface area contributed by atoms with Crippen LogP contribution < -0.4 is 4.90 Å². The average Bonchev–Trinajstić information content (AvgIpc) is 3.67. The summed E-state index contributed by atoms with van der Waals surface area (Å²) in [5.41, 5.74) is 5.49. The van der Waals surface area contributed by atoms with Crippen molar-refractivity contribution in [1.82, 2.24) is 4.98 Å². The van der Waals surface area contributed by atoms with E-state index in [1.54, 1.807) is 34.4 Å². The maximum absolute atomic E-state index is 13.8. The molecule has 4 aromatic rings. The van der Waals surface area contributed by atoms with Crippen LogP contribution in [-0.2, 0) is 6.42 Å². The summed E-state index contributed by atoms with van der Waals surface area (Å²) in [6.07, 6.45) is 3.64. The standard InChI is InChI=1S/C31H26N2O3S/c1-19(34)21-11-13-22(14-12-21)25-6-4-7-26(32-25)31(36)33-16-15-23-18-29(28(35)17-20-9-10-20)37-30(23)24-5-2-3-8-27(24)33/h2-8,11-14,18,20H,9-10,15-17H2,1H3. The lowest BCUT2D eigenvalue weighted by Gasteiger charge is -2.23. The molecule has 0 atom stereocenters. The maximum Gasteiger partial charge on any atom is 0.276 e. The molecular weight excluding hydrogens is 480 g/mol. The molecule has 0 unspecified atom stereocenters. The van der Waals surface area contributed by atoms with Crippen LogP contribution in [0.5, 0.6) is 0 Å². The van der Waals surface area contributed by atoms with Crippen molar-refractivity contribution in [3.63, 3.8) is 0 Å². The topological polar surface area (TPSA) is 67.3 Å². The number of amides is 1. The summed E-state index contributed by atoms with van der Waals surface area (Å²) >= 11 is 1.55. The lowest BCUT2D eigenvalue weighted by atomic mass is 10.1. The predicted molar refractivity (Wildman–Crippen MR) is 146 cm³/mol. The fourth-order valence-corrected chi connectivity index (χ4v) is 6.05. The molecule has 1 fully saturated rings. The maximum atomic E-state index is 13.8. The first kappa shape index (κ1) is 23.5. The average molecular weight is 507 g/mol. The minimum atomic E-state index is -0.158. The molecule has 184 valence electrons. The fourth-order valence-electron chi connectivity index (χ4n) is 4.86. The third-order valence-corrected chi connectivity index (χ3v) is 8.35. The molecule has 3 heterocycles. The van der Waals surface area contributed by atoms with Crippen LogP contribution in [0.4, 0.5) is 5.69 Å². The minimum absolute atomic E-state index is 0.0104. The molecule has 1 saturated carbocycles. The smallest absolute Gasteiger partial charge is 0.276 e. The van der Waals surface area contributed by atoms with Gasteiger partial charge in [0.25, 0.3) is 5.91 Å². The number of Topliss-reactive ketones (excluding diaryl/α,β-unsaturated/α-hetero) is 2. The molecule has 6 rings (SSSR count). The highest BCUT2D eigenvalue weighted by Crippen LogP contribution is 2.43. The van der Waals surface area contributed by atoms with Crippen LogP contribution in [0.25, 0.3) is 21.7 Å². The van der Waals surface area contributed by atoms with Crippen molar-refractivity contribution < 1.29 is 14.4 Å². The highest BCUT2D eigenvalue weighted by Gasteiger charge is 2.30.